The molecule has 7 rings (SSSR count). The Bertz CT molecular complexity index is 1850. The van der Waals surface area contributed by atoms with Crippen molar-refractivity contribution in [3.8, 4) is 0 Å². The average Bonchev–Trinajstić information content (AvgIpc) is 3.26. The first-order valence-corrected chi connectivity index (χ1v) is 19.6. The normalized spacial score (nSPS) is 27.6. The Morgan fingerprint density at radius 1 is 0.404 bits per heavy atom. The van der Waals surface area contributed by atoms with Gasteiger partial charge in [-0.05, 0) is 34.7 Å². The molecule has 10 nitrogen and oxygen atoms in total. The van der Waals surface area contributed by atoms with Gasteiger partial charge in [-0.3, -0.25) is 0 Å². The Labute approximate surface area is 334 Å². The molecule has 2 saturated heterocycles. The smallest absolute Gasteiger partial charge is 0.186 e. The van der Waals surface area contributed by atoms with Crippen LogP contribution in [0.4, 0.5) is 0 Å². The zero-order valence-corrected chi connectivity index (χ0v) is 32.1. The summed E-state index contributed by atoms with van der Waals surface area (Å²) in [6, 6.07) is 49.0. The van der Waals surface area contributed by atoms with Crippen molar-refractivity contribution >= 4 is 0 Å². The first kappa shape index (κ1) is 40.9. The van der Waals surface area contributed by atoms with Crippen LogP contribution in [0.5, 0.6) is 0 Å². The number of hydrogen-bond acceptors (Lipinski definition) is 10. The van der Waals surface area contributed by atoms with E-state index in [2.05, 4.69) is 0 Å². The van der Waals surface area contributed by atoms with Gasteiger partial charge in [0.25, 0.3) is 0 Å². The fourth-order valence-corrected chi connectivity index (χ4v) is 7.14. The second kappa shape index (κ2) is 20.9. The molecule has 2 aliphatic heterocycles. The third-order valence-electron chi connectivity index (χ3n) is 10.2. The van der Waals surface area contributed by atoms with Crippen molar-refractivity contribution in [1.82, 2.24) is 0 Å². The average molecular weight is 777 g/mol. The van der Waals surface area contributed by atoms with E-state index in [0.29, 0.717) is 13.2 Å². The van der Waals surface area contributed by atoms with Gasteiger partial charge in [0.15, 0.2) is 12.6 Å². The van der Waals surface area contributed by atoms with Crippen molar-refractivity contribution in [3.63, 3.8) is 0 Å². The molecule has 0 aromatic heterocycles. The fraction of sp³-hybridized carbons (Fsp3) is 0.362. The molecule has 0 saturated carbocycles. The Morgan fingerprint density at radius 2 is 0.754 bits per heavy atom. The van der Waals surface area contributed by atoms with Gasteiger partial charge in [-0.15, -0.1) is 0 Å². The van der Waals surface area contributed by atoms with Gasteiger partial charge in [-0.1, -0.05) is 152 Å². The van der Waals surface area contributed by atoms with Crippen LogP contribution in [-0.4, -0.2) is 78.2 Å². The minimum Gasteiger partial charge on any atom is -0.387 e. The topological polar surface area (TPSA) is 114 Å². The molecule has 10 heteroatoms. The van der Waals surface area contributed by atoms with E-state index in [-0.39, 0.29) is 26.4 Å². The predicted molar refractivity (Wildman–Crippen MR) is 212 cm³/mol. The quantitative estimate of drug-likeness (QED) is 0.0991. The summed E-state index contributed by atoms with van der Waals surface area (Å²) in [7, 11) is 0. The second-order valence-electron chi connectivity index (χ2n) is 14.4. The van der Waals surface area contributed by atoms with Crippen LogP contribution in [0.25, 0.3) is 0 Å². The molecule has 2 fully saturated rings. The van der Waals surface area contributed by atoms with Gasteiger partial charge < -0.3 is 48.1 Å². The van der Waals surface area contributed by atoms with Crippen molar-refractivity contribution in [2.45, 2.75) is 101 Å². The molecular weight excluding hydrogens is 725 g/mol. The van der Waals surface area contributed by atoms with E-state index in [1.54, 1.807) is 0 Å². The zero-order valence-electron chi connectivity index (χ0n) is 32.1. The van der Waals surface area contributed by atoms with E-state index in [1.807, 2.05) is 159 Å². The zero-order chi connectivity index (χ0) is 39.2. The molecule has 0 amide bonds. The number of rotatable bonds is 18. The van der Waals surface area contributed by atoms with Gasteiger partial charge in [-0.25, -0.2) is 0 Å². The molecule has 2 heterocycles. The van der Waals surface area contributed by atoms with Crippen molar-refractivity contribution in [2.75, 3.05) is 6.61 Å². The van der Waals surface area contributed by atoms with E-state index in [1.165, 1.54) is 0 Å². The maximum atomic E-state index is 11.8. The maximum Gasteiger partial charge on any atom is 0.186 e. The maximum absolute atomic E-state index is 11.8. The summed E-state index contributed by atoms with van der Waals surface area (Å²) >= 11 is 0. The molecule has 0 radical (unpaired) electrons. The number of hydrogen-bond donors (Lipinski definition) is 2. The SMILES string of the molecule is C[C@@H]1O[C@H](OC[C@H]2O[C@H](O)[C@H](OCc3ccccc3)[C@@H](OCc3ccccc3)[C@@H]2O)[C@H](OCc2ccccc2)[C@H](OCc2ccccc2)[C@H]1OCc1ccccc1. The van der Waals surface area contributed by atoms with Gasteiger partial charge in [-0.2, -0.15) is 0 Å². The van der Waals surface area contributed by atoms with Crippen LogP contribution >= 0.6 is 0 Å². The minimum absolute atomic E-state index is 0.154. The van der Waals surface area contributed by atoms with Gasteiger partial charge in [0, 0.05) is 0 Å². The van der Waals surface area contributed by atoms with E-state index >= 15 is 0 Å². The summed E-state index contributed by atoms with van der Waals surface area (Å²) in [5.74, 6) is 0. The van der Waals surface area contributed by atoms with Crippen LogP contribution in [0.1, 0.15) is 34.7 Å². The molecule has 0 bridgehead atoms. The van der Waals surface area contributed by atoms with Crippen LogP contribution in [0.3, 0.4) is 0 Å². The van der Waals surface area contributed by atoms with E-state index in [4.69, 9.17) is 37.9 Å². The molecular formula is C47H52O10. The molecule has 5 aromatic rings. The fourth-order valence-electron chi connectivity index (χ4n) is 7.14. The highest BCUT2D eigenvalue weighted by Crippen LogP contribution is 2.33. The third-order valence-corrected chi connectivity index (χ3v) is 10.2. The molecule has 0 aliphatic carbocycles. The van der Waals surface area contributed by atoms with Gasteiger partial charge in [0.05, 0.1) is 45.7 Å². The lowest BCUT2D eigenvalue weighted by Gasteiger charge is -2.46. The summed E-state index contributed by atoms with van der Waals surface area (Å²) in [6.07, 6.45) is -8.90. The molecule has 10 atom stereocenters. The Morgan fingerprint density at radius 3 is 1.18 bits per heavy atom. The highest BCUT2D eigenvalue weighted by Gasteiger charge is 2.50. The summed E-state index contributed by atoms with van der Waals surface area (Å²) in [5, 5.41) is 23.2. The largest absolute Gasteiger partial charge is 0.387 e. The molecule has 2 aliphatic rings. The highest BCUT2D eigenvalue weighted by atomic mass is 16.7. The lowest BCUT2D eigenvalue weighted by molar-refractivity contribution is -0.341. The second-order valence-corrected chi connectivity index (χ2v) is 14.4. The Kier molecular flexibility index (Phi) is 15.0. The van der Waals surface area contributed by atoms with E-state index in [9.17, 15) is 10.2 Å². The first-order valence-electron chi connectivity index (χ1n) is 19.6. The number of ether oxygens (including phenoxy) is 8. The molecule has 0 unspecified atom stereocenters. The molecule has 300 valence electrons. The van der Waals surface area contributed by atoms with Crippen LogP contribution < -0.4 is 0 Å². The van der Waals surface area contributed by atoms with Crippen LogP contribution in [0.15, 0.2) is 152 Å². The number of benzene rings is 5. The predicted octanol–water partition coefficient (Wildman–Crippen LogP) is 6.75. The number of aliphatic hydroxyl groups excluding tert-OH is 2. The summed E-state index contributed by atoms with van der Waals surface area (Å²) in [5.41, 5.74) is 4.80. The molecule has 2 N–H and O–H groups in total. The molecule has 0 spiro atoms. The highest BCUT2D eigenvalue weighted by molar-refractivity contribution is 5.17. The summed E-state index contributed by atoms with van der Waals surface area (Å²) in [6.45, 7) is 3.07. The van der Waals surface area contributed by atoms with Gasteiger partial charge in [0.2, 0.25) is 0 Å². The van der Waals surface area contributed by atoms with Crippen LogP contribution in [0.2, 0.25) is 0 Å². The van der Waals surface area contributed by atoms with Crippen molar-refractivity contribution in [2.24, 2.45) is 0 Å². The Balaban J connectivity index is 1.10. The van der Waals surface area contributed by atoms with Gasteiger partial charge in [0.1, 0.15) is 42.7 Å². The summed E-state index contributed by atoms with van der Waals surface area (Å²) in [4.78, 5) is 0. The van der Waals surface area contributed by atoms with Crippen LogP contribution in [-0.2, 0) is 70.9 Å². The summed E-state index contributed by atoms with van der Waals surface area (Å²) < 4.78 is 51.5. The number of aliphatic hydroxyl groups is 2. The standard InChI is InChI=1S/C47H52O10/c1-33-41(50-27-34-17-7-2-8-18-34)43(52-29-36-21-11-4-12-22-36)45(54-31-38-25-15-6-16-26-38)47(56-33)55-32-39-40(48)42(51-28-35-19-9-3-10-20-35)44(46(49)57-39)53-30-37-23-13-5-14-24-37/h2-26,33,39-49H,27-32H2,1H3/t33-,39+,40+,41-,42-,43+,44+,45+,46-,47-/m0/s1. The minimum atomic E-state index is -1.42. The van der Waals surface area contributed by atoms with E-state index in [0.717, 1.165) is 27.8 Å². The van der Waals surface area contributed by atoms with Crippen LogP contribution in [0, 0.1) is 0 Å². The molecule has 5 aromatic carbocycles. The monoisotopic (exact) mass is 776 g/mol. The molecule has 57 heavy (non-hydrogen) atoms. The van der Waals surface area contributed by atoms with Crippen molar-refractivity contribution in [1.29, 1.82) is 0 Å². The lowest BCUT2D eigenvalue weighted by atomic mass is 9.97. The van der Waals surface area contributed by atoms with Gasteiger partial charge >= 0.3 is 0 Å². The third kappa shape index (κ3) is 11.4. The van der Waals surface area contributed by atoms with E-state index < -0.39 is 61.4 Å². The first-order chi connectivity index (χ1) is 28.0. The van der Waals surface area contributed by atoms with Crippen molar-refractivity contribution in [3.05, 3.63) is 179 Å². The van der Waals surface area contributed by atoms with Crippen molar-refractivity contribution < 1.29 is 48.1 Å². The Hall–Kier alpha value is -4.30. The lowest BCUT2D eigenvalue weighted by Crippen LogP contribution is -2.62.